The van der Waals surface area contributed by atoms with Crippen molar-refractivity contribution >= 4 is 18.3 Å². The van der Waals surface area contributed by atoms with E-state index in [1.165, 1.54) is 12.0 Å². The smallest absolute Gasteiger partial charge is 0.222 e. The Balaban J connectivity index is 0.00000176. The zero-order valence-corrected chi connectivity index (χ0v) is 14.1. The Hall–Kier alpha value is -1.06. The molecule has 0 bridgehead atoms. The van der Waals surface area contributed by atoms with Crippen molar-refractivity contribution in [2.45, 2.75) is 44.6 Å². The van der Waals surface area contributed by atoms with Crippen LogP contribution in [0.5, 0.6) is 0 Å². The number of benzene rings is 1. The summed E-state index contributed by atoms with van der Waals surface area (Å²) in [5.41, 5.74) is 7.47. The molecule has 4 unspecified atom stereocenters. The molecule has 2 fully saturated rings. The zero-order valence-electron chi connectivity index (χ0n) is 13.3. The van der Waals surface area contributed by atoms with Gasteiger partial charge in [0.05, 0.1) is 0 Å². The average molecular weight is 323 g/mol. The lowest BCUT2D eigenvalue weighted by Gasteiger charge is -2.20. The standard InChI is InChI=1S/C18H26N2O.ClH/c1-13(14-5-3-2-4-6-14)7-10-18(21)20-11-15-8-9-17(19)16(15)12-20;/h2-6,13,15-17H,7-12,19H2,1H3;1H. The van der Waals surface area contributed by atoms with E-state index in [0.717, 1.165) is 25.9 Å². The minimum Gasteiger partial charge on any atom is -0.342 e. The Morgan fingerprint density at radius 1 is 1.27 bits per heavy atom. The van der Waals surface area contributed by atoms with Gasteiger partial charge in [0, 0.05) is 25.6 Å². The molecule has 22 heavy (non-hydrogen) atoms. The molecule has 1 aliphatic carbocycles. The maximum Gasteiger partial charge on any atom is 0.222 e. The van der Waals surface area contributed by atoms with Gasteiger partial charge >= 0.3 is 0 Å². The van der Waals surface area contributed by atoms with Gasteiger partial charge in [0.25, 0.3) is 0 Å². The van der Waals surface area contributed by atoms with Crippen LogP contribution in [0.3, 0.4) is 0 Å². The van der Waals surface area contributed by atoms with E-state index < -0.39 is 0 Å². The molecule has 3 nitrogen and oxygen atoms in total. The van der Waals surface area contributed by atoms with Gasteiger partial charge in [0.15, 0.2) is 0 Å². The molecule has 2 aliphatic rings. The van der Waals surface area contributed by atoms with Gasteiger partial charge in [-0.05, 0) is 42.6 Å². The number of carbonyl (C=O) groups excluding carboxylic acids is 1. The first-order valence-corrected chi connectivity index (χ1v) is 8.23. The Morgan fingerprint density at radius 3 is 2.68 bits per heavy atom. The number of hydrogen-bond donors (Lipinski definition) is 1. The maximum atomic E-state index is 12.4. The summed E-state index contributed by atoms with van der Waals surface area (Å²) in [6.45, 7) is 4.04. The molecule has 1 aliphatic heterocycles. The fraction of sp³-hybridized carbons (Fsp3) is 0.611. The summed E-state index contributed by atoms with van der Waals surface area (Å²) in [5.74, 6) is 1.98. The predicted molar refractivity (Wildman–Crippen MR) is 92.1 cm³/mol. The van der Waals surface area contributed by atoms with E-state index in [-0.39, 0.29) is 12.4 Å². The van der Waals surface area contributed by atoms with E-state index in [2.05, 4.69) is 36.1 Å². The molecule has 4 atom stereocenters. The third-order valence-corrected chi connectivity index (χ3v) is 5.42. The highest BCUT2D eigenvalue weighted by Crippen LogP contribution is 2.37. The topological polar surface area (TPSA) is 46.3 Å². The Kier molecular flexibility index (Phi) is 5.87. The number of amides is 1. The van der Waals surface area contributed by atoms with Crippen LogP contribution in [-0.2, 0) is 4.79 Å². The van der Waals surface area contributed by atoms with Crippen molar-refractivity contribution in [2.75, 3.05) is 13.1 Å². The Bertz CT molecular complexity index is 493. The molecule has 122 valence electrons. The molecule has 1 aromatic carbocycles. The van der Waals surface area contributed by atoms with Crippen molar-refractivity contribution in [1.82, 2.24) is 4.90 Å². The average Bonchev–Trinajstić information content (AvgIpc) is 3.08. The van der Waals surface area contributed by atoms with E-state index in [1.807, 2.05) is 6.07 Å². The molecule has 0 aromatic heterocycles. The van der Waals surface area contributed by atoms with E-state index in [0.29, 0.717) is 36.1 Å². The van der Waals surface area contributed by atoms with Crippen LogP contribution in [-0.4, -0.2) is 29.9 Å². The molecule has 0 radical (unpaired) electrons. The second kappa shape index (κ2) is 7.47. The normalized spacial score (nSPS) is 28.1. The SMILES string of the molecule is CC(CCC(=O)N1CC2CCC(N)C2C1)c1ccccc1.Cl. The predicted octanol–water partition coefficient (Wildman–Crippen LogP) is 3.19. The van der Waals surface area contributed by atoms with Gasteiger partial charge in [-0.3, -0.25) is 4.79 Å². The summed E-state index contributed by atoms with van der Waals surface area (Å²) in [4.78, 5) is 14.5. The highest BCUT2D eigenvalue weighted by Gasteiger charge is 2.42. The van der Waals surface area contributed by atoms with Crippen molar-refractivity contribution in [3.8, 4) is 0 Å². The molecule has 1 aromatic rings. The fourth-order valence-corrected chi connectivity index (χ4v) is 3.96. The van der Waals surface area contributed by atoms with Crippen LogP contribution in [0.25, 0.3) is 0 Å². The van der Waals surface area contributed by atoms with Crippen molar-refractivity contribution in [3.05, 3.63) is 35.9 Å². The fourth-order valence-electron chi connectivity index (χ4n) is 3.96. The maximum absolute atomic E-state index is 12.4. The quantitative estimate of drug-likeness (QED) is 0.925. The molecule has 4 heteroatoms. The first-order chi connectivity index (χ1) is 10.1. The van der Waals surface area contributed by atoms with Crippen molar-refractivity contribution < 1.29 is 4.79 Å². The molecule has 2 N–H and O–H groups in total. The summed E-state index contributed by atoms with van der Waals surface area (Å²) in [6, 6.07) is 10.8. The van der Waals surface area contributed by atoms with Crippen LogP contribution >= 0.6 is 12.4 Å². The van der Waals surface area contributed by atoms with Gasteiger partial charge < -0.3 is 10.6 Å². The molecule has 3 rings (SSSR count). The minimum atomic E-state index is 0. The van der Waals surface area contributed by atoms with Crippen LogP contribution in [0.1, 0.15) is 44.1 Å². The Labute approximate surface area is 139 Å². The van der Waals surface area contributed by atoms with Crippen LogP contribution in [0.4, 0.5) is 0 Å². The van der Waals surface area contributed by atoms with Gasteiger partial charge in [-0.25, -0.2) is 0 Å². The number of nitrogens with two attached hydrogens (primary N) is 1. The number of hydrogen-bond acceptors (Lipinski definition) is 2. The third-order valence-electron chi connectivity index (χ3n) is 5.42. The number of halogens is 1. The van der Waals surface area contributed by atoms with Crippen molar-refractivity contribution in [3.63, 3.8) is 0 Å². The number of carbonyl (C=O) groups is 1. The summed E-state index contributed by atoms with van der Waals surface area (Å²) < 4.78 is 0. The highest BCUT2D eigenvalue weighted by atomic mass is 35.5. The van der Waals surface area contributed by atoms with E-state index in [4.69, 9.17) is 5.73 Å². The number of likely N-dealkylation sites (tertiary alicyclic amines) is 1. The lowest BCUT2D eigenvalue weighted by atomic mass is 9.96. The van der Waals surface area contributed by atoms with E-state index in [1.54, 1.807) is 0 Å². The molecule has 1 saturated carbocycles. The number of fused-ring (bicyclic) bond motifs is 1. The van der Waals surface area contributed by atoms with E-state index in [9.17, 15) is 4.79 Å². The van der Waals surface area contributed by atoms with Gasteiger partial charge in [-0.2, -0.15) is 0 Å². The first kappa shape index (κ1) is 17.3. The Morgan fingerprint density at radius 2 is 2.00 bits per heavy atom. The lowest BCUT2D eigenvalue weighted by molar-refractivity contribution is -0.130. The van der Waals surface area contributed by atoms with Crippen molar-refractivity contribution in [2.24, 2.45) is 17.6 Å². The summed E-state index contributed by atoms with van der Waals surface area (Å²) in [5, 5.41) is 0. The number of rotatable bonds is 4. The molecular formula is C18H27ClN2O. The van der Waals surface area contributed by atoms with Crippen molar-refractivity contribution in [1.29, 1.82) is 0 Å². The summed E-state index contributed by atoms with van der Waals surface area (Å²) in [6.07, 6.45) is 3.93. The van der Waals surface area contributed by atoms with Crippen LogP contribution in [0.2, 0.25) is 0 Å². The van der Waals surface area contributed by atoms with Gasteiger partial charge in [0.1, 0.15) is 0 Å². The summed E-state index contributed by atoms with van der Waals surface area (Å²) in [7, 11) is 0. The van der Waals surface area contributed by atoms with E-state index >= 15 is 0 Å². The molecule has 1 heterocycles. The molecule has 0 spiro atoms. The summed E-state index contributed by atoms with van der Waals surface area (Å²) >= 11 is 0. The molecule has 1 saturated heterocycles. The first-order valence-electron chi connectivity index (χ1n) is 8.23. The second-order valence-electron chi connectivity index (χ2n) is 6.81. The number of nitrogens with zero attached hydrogens (tertiary/aromatic N) is 1. The van der Waals surface area contributed by atoms with Crippen LogP contribution in [0, 0.1) is 11.8 Å². The highest BCUT2D eigenvalue weighted by molar-refractivity contribution is 5.85. The third kappa shape index (κ3) is 3.64. The van der Waals surface area contributed by atoms with Crippen LogP contribution < -0.4 is 5.73 Å². The molecular weight excluding hydrogens is 296 g/mol. The van der Waals surface area contributed by atoms with Gasteiger partial charge in [0.2, 0.25) is 5.91 Å². The minimum absolute atomic E-state index is 0. The zero-order chi connectivity index (χ0) is 14.8. The molecule has 1 amide bonds. The lowest BCUT2D eigenvalue weighted by Crippen LogP contribution is -2.33. The van der Waals surface area contributed by atoms with Gasteiger partial charge in [-0.1, -0.05) is 37.3 Å². The largest absolute Gasteiger partial charge is 0.342 e. The van der Waals surface area contributed by atoms with Crippen LogP contribution in [0.15, 0.2) is 30.3 Å². The second-order valence-corrected chi connectivity index (χ2v) is 6.81. The van der Waals surface area contributed by atoms with Gasteiger partial charge in [-0.15, -0.1) is 12.4 Å². The monoisotopic (exact) mass is 322 g/mol.